The van der Waals surface area contributed by atoms with Crippen LogP contribution in [0.2, 0.25) is 0 Å². The molecule has 1 aliphatic rings. The fourth-order valence-corrected chi connectivity index (χ4v) is 4.29. The van der Waals surface area contributed by atoms with Crippen molar-refractivity contribution in [3.05, 3.63) is 107 Å². The summed E-state index contributed by atoms with van der Waals surface area (Å²) < 4.78 is 0. The highest BCUT2D eigenvalue weighted by Crippen LogP contribution is 2.29. The summed E-state index contributed by atoms with van der Waals surface area (Å²) in [6, 6.07) is 21.3. The Hall–Kier alpha value is -4.32. The Morgan fingerprint density at radius 1 is 0.939 bits per heavy atom. The largest absolute Gasteiger partial charge is 0.366 e. The number of hydrogen-bond acceptors (Lipinski definition) is 5. The van der Waals surface area contributed by atoms with E-state index in [1.165, 1.54) is 11.9 Å². The number of hydrogen-bond donors (Lipinski definition) is 2. The van der Waals surface area contributed by atoms with Crippen molar-refractivity contribution in [2.75, 3.05) is 5.32 Å². The molecular weight excluding hydrogens is 412 g/mol. The van der Waals surface area contributed by atoms with Crippen LogP contribution in [0.3, 0.4) is 0 Å². The van der Waals surface area contributed by atoms with Crippen molar-refractivity contribution in [2.24, 2.45) is 5.73 Å². The zero-order valence-corrected chi connectivity index (χ0v) is 17.9. The van der Waals surface area contributed by atoms with Crippen molar-refractivity contribution in [1.29, 1.82) is 0 Å². The molecule has 0 spiro atoms. The zero-order valence-electron chi connectivity index (χ0n) is 17.9. The molecule has 0 atom stereocenters. The molecule has 3 N–H and O–H groups in total. The maximum absolute atomic E-state index is 13.0. The number of anilines is 1. The lowest BCUT2D eigenvalue weighted by molar-refractivity contribution is -0.113. The molecule has 0 unspecified atom stereocenters. The number of Topliss-reactive ketones (excluding diaryl/α,β-unsaturated/α-hetero) is 1. The molecule has 0 bridgehead atoms. The fraction of sp³-hybridized carbons (Fsp3) is 0.111. The van der Waals surface area contributed by atoms with Crippen LogP contribution in [-0.4, -0.2) is 21.7 Å². The SMILES string of the molecule is NC(=O)c1cccc2c(NCc3cccc(CC(=O)C4=CCc5ccccc54)c3)ncnc12. The lowest BCUT2D eigenvalue weighted by Crippen LogP contribution is -2.12. The van der Waals surface area contributed by atoms with Gasteiger partial charge in [-0.15, -0.1) is 0 Å². The first-order valence-corrected chi connectivity index (χ1v) is 10.8. The van der Waals surface area contributed by atoms with Crippen LogP contribution in [0.25, 0.3) is 16.5 Å². The molecule has 0 fully saturated rings. The Morgan fingerprint density at radius 3 is 2.64 bits per heavy atom. The van der Waals surface area contributed by atoms with Gasteiger partial charge in [0.2, 0.25) is 0 Å². The number of allylic oxidation sites excluding steroid dienone is 2. The fourth-order valence-electron chi connectivity index (χ4n) is 4.29. The first kappa shape index (κ1) is 20.6. The molecule has 1 aromatic heterocycles. The number of nitrogens with two attached hydrogens (primary N) is 1. The number of nitrogens with zero attached hydrogens (tertiary/aromatic N) is 2. The number of carbonyl (C=O) groups excluding carboxylic acids is 2. The second-order valence-electron chi connectivity index (χ2n) is 8.04. The summed E-state index contributed by atoms with van der Waals surface area (Å²) in [5.41, 5.74) is 11.4. The normalized spacial score (nSPS) is 12.3. The number of ketones is 1. The first-order valence-electron chi connectivity index (χ1n) is 10.8. The molecule has 3 aromatic carbocycles. The second kappa shape index (κ2) is 8.67. The van der Waals surface area contributed by atoms with E-state index < -0.39 is 5.91 Å². The summed E-state index contributed by atoms with van der Waals surface area (Å²) in [6.45, 7) is 0.514. The number of aromatic nitrogens is 2. The van der Waals surface area contributed by atoms with Gasteiger partial charge in [-0.25, -0.2) is 9.97 Å². The van der Waals surface area contributed by atoms with Crippen molar-refractivity contribution in [1.82, 2.24) is 9.97 Å². The van der Waals surface area contributed by atoms with Crippen LogP contribution < -0.4 is 11.1 Å². The molecule has 0 saturated carbocycles. The molecule has 6 heteroatoms. The van der Waals surface area contributed by atoms with Crippen LogP contribution >= 0.6 is 0 Å². The third-order valence-electron chi connectivity index (χ3n) is 5.88. The number of amides is 1. The summed E-state index contributed by atoms with van der Waals surface area (Å²) in [4.78, 5) is 33.2. The van der Waals surface area contributed by atoms with Crippen molar-refractivity contribution in [3.8, 4) is 0 Å². The topological polar surface area (TPSA) is 98.0 Å². The van der Waals surface area contributed by atoms with E-state index in [0.29, 0.717) is 29.9 Å². The van der Waals surface area contributed by atoms with E-state index in [1.807, 2.05) is 54.6 Å². The van der Waals surface area contributed by atoms with E-state index in [1.54, 1.807) is 12.1 Å². The van der Waals surface area contributed by atoms with E-state index in [4.69, 9.17) is 5.73 Å². The summed E-state index contributed by atoms with van der Waals surface area (Å²) >= 11 is 0. The van der Waals surface area contributed by atoms with Gasteiger partial charge in [0.25, 0.3) is 5.91 Å². The maximum atomic E-state index is 13.0. The predicted molar refractivity (Wildman–Crippen MR) is 129 cm³/mol. The number of fused-ring (bicyclic) bond motifs is 2. The van der Waals surface area contributed by atoms with E-state index in [9.17, 15) is 9.59 Å². The third-order valence-corrected chi connectivity index (χ3v) is 5.88. The molecule has 33 heavy (non-hydrogen) atoms. The second-order valence-corrected chi connectivity index (χ2v) is 8.04. The van der Waals surface area contributed by atoms with Crippen molar-refractivity contribution in [3.63, 3.8) is 0 Å². The number of rotatable bonds is 7. The van der Waals surface area contributed by atoms with Gasteiger partial charge in [-0.05, 0) is 40.8 Å². The molecule has 6 nitrogen and oxygen atoms in total. The first-order chi connectivity index (χ1) is 16.1. The number of benzene rings is 3. The van der Waals surface area contributed by atoms with Gasteiger partial charge in [0.1, 0.15) is 12.1 Å². The molecule has 0 radical (unpaired) electrons. The highest BCUT2D eigenvalue weighted by Gasteiger charge is 2.19. The van der Waals surface area contributed by atoms with E-state index in [0.717, 1.165) is 34.1 Å². The van der Waals surface area contributed by atoms with Gasteiger partial charge >= 0.3 is 0 Å². The highest BCUT2D eigenvalue weighted by atomic mass is 16.1. The molecule has 1 amide bonds. The van der Waals surface area contributed by atoms with E-state index in [2.05, 4.69) is 21.4 Å². The lowest BCUT2D eigenvalue weighted by atomic mass is 9.97. The van der Waals surface area contributed by atoms with Gasteiger partial charge in [-0.1, -0.05) is 60.7 Å². The van der Waals surface area contributed by atoms with Crippen molar-refractivity contribution in [2.45, 2.75) is 19.4 Å². The molecule has 5 rings (SSSR count). The number of nitrogens with one attached hydrogen (secondary N) is 1. The van der Waals surface area contributed by atoms with Gasteiger partial charge in [0.15, 0.2) is 5.78 Å². The van der Waals surface area contributed by atoms with E-state index in [-0.39, 0.29) is 5.78 Å². The lowest BCUT2D eigenvalue weighted by Gasteiger charge is -2.11. The van der Waals surface area contributed by atoms with Crippen LogP contribution in [0, 0.1) is 0 Å². The van der Waals surface area contributed by atoms with Crippen molar-refractivity contribution < 1.29 is 9.59 Å². The summed E-state index contributed by atoms with van der Waals surface area (Å²) in [5.74, 6) is 0.228. The minimum Gasteiger partial charge on any atom is -0.366 e. The minimum atomic E-state index is -0.525. The summed E-state index contributed by atoms with van der Waals surface area (Å²) in [5, 5.41) is 4.05. The van der Waals surface area contributed by atoms with Crippen LogP contribution in [0.5, 0.6) is 0 Å². The van der Waals surface area contributed by atoms with Gasteiger partial charge in [0.05, 0.1) is 11.1 Å². The van der Waals surface area contributed by atoms with Crippen LogP contribution in [0.4, 0.5) is 5.82 Å². The van der Waals surface area contributed by atoms with E-state index >= 15 is 0 Å². The van der Waals surface area contributed by atoms with Crippen LogP contribution in [0.1, 0.15) is 32.6 Å². The Balaban J connectivity index is 1.31. The predicted octanol–water partition coefficient (Wildman–Crippen LogP) is 4.09. The molecule has 0 saturated heterocycles. The number of para-hydroxylation sites is 1. The quantitative estimate of drug-likeness (QED) is 0.457. The molecule has 1 aliphatic carbocycles. The Labute approximate surface area is 191 Å². The zero-order chi connectivity index (χ0) is 22.8. The monoisotopic (exact) mass is 434 g/mol. The van der Waals surface area contributed by atoms with Crippen molar-refractivity contribution >= 4 is 34.0 Å². The molecule has 0 aliphatic heterocycles. The van der Waals surface area contributed by atoms with Gasteiger partial charge < -0.3 is 11.1 Å². The number of primary amides is 1. The maximum Gasteiger partial charge on any atom is 0.250 e. The Kier molecular flexibility index (Phi) is 5.40. The Bertz CT molecular complexity index is 1420. The van der Waals surface area contributed by atoms with Crippen LogP contribution in [-0.2, 0) is 24.2 Å². The smallest absolute Gasteiger partial charge is 0.250 e. The standard InChI is InChI=1S/C27H22N4O2/c28-26(33)22-9-4-10-23-25(22)30-16-31-27(23)29-15-18-6-3-5-17(13-18)14-24(32)21-12-11-19-7-1-2-8-20(19)21/h1-10,12-13,16H,11,14-15H2,(H2,28,33)(H,29,30,31). The molecular formula is C27H22N4O2. The molecule has 1 heterocycles. The molecule has 162 valence electrons. The Morgan fingerprint density at radius 2 is 1.76 bits per heavy atom. The van der Waals surface area contributed by atoms with Gasteiger partial charge in [0, 0.05) is 23.9 Å². The highest BCUT2D eigenvalue weighted by molar-refractivity contribution is 6.22. The average molecular weight is 434 g/mol. The number of carbonyl (C=O) groups is 2. The van der Waals surface area contributed by atoms with Gasteiger partial charge in [-0.3, -0.25) is 9.59 Å². The van der Waals surface area contributed by atoms with Gasteiger partial charge in [-0.2, -0.15) is 0 Å². The summed E-state index contributed by atoms with van der Waals surface area (Å²) in [6.07, 6.45) is 4.61. The minimum absolute atomic E-state index is 0.130. The average Bonchev–Trinajstić information content (AvgIpc) is 3.27. The third kappa shape index (κ3) is 4.11. The summed E-state index contributed by atoms with van der Waals surface area (Å²) in [7, 11) is 0. The van der Waals surface area contributed by atoms with Crippen LogP contribution in [0.15, 0.2) is 79.1 Å². The molecule has 4 aromatic rings.